The van der Waals surface area contributed by atoms with Gasteiger partial charge in [-0.1, -0.05) is 262 Å². The normalized spacial score (nSPS) is 13.6. The molecule has 11 aromatic carbocycles. The Morgan fingerprint density at radius 1 is 0.355 bits per heavy atom. The van der Waals surface area contributed by atoms with Gasteiger partial charge < -0.3 is 10.8 Å². The molecule has 2 nitrogen and oxygen atoms in total. The SMILES string of the molecule is C=C/C=C\C(=N)C(=C)/C=C\C(=N)c1ccc2c(-c3ccc4c(c3)C(c3ccccc3)(c3ccccc3)c3ccccc3-4)c3ccccc3c(-c3ccc4c(c3)C(c3ccccc3)(c3ccccc3)c3ccccc3-4)c2c1. The second-order valence-electron chi connectivity index (χ2n) is 19.9. The number of benzene rings is 11. The fourth-order valence-corrected chi connectivity index (χ4v) is 12.8. The van der Waals surface area contributed by atoms with Crippen molar-refractivity contribution in [3.63, 3.8) is 0 Å². The van der Waals surface area contributed by atoms with Gasteiger partial charge in [0.2, 0.25) is 0 Å². The van der Waals surface area contributed by atoms with Crippen molar-refractivity contribution in [1.82, 2.24) is 0 Å². The smallest absolute Gasteiger partial charge is 0.0713 e. The molecule has 2 aliphatic rings. The fourth-order valence-electron chi connectivity index (χ4n) is 12.8. The Kier molecular flexibility index (Phi) is 11.3. The highest BCUT2D eigenvalue weighted by atomic mass is 14.5. The Balaban J connectivity index is 1.09. The quantitative estimate of drug-likeness (QED) is 0.0696. The summed E-state index contributed by atoms with van der Waals surface area (Å²) in [7, 11) is 0. The van der Waals surface area contributed by atoms with Crippen LogP contribution in [0.25, 0.3) is 66.1 Å². The zero-order chi connectivity index (χ0) is 51.4. The molecular weight excluding hydrogens is 917 g/mol. The third-order valence-electron chi connectivity index (χ3n) is 16.0. The summed E-state index contributed by atoms with van der Waals surface area (Å²) in [6.07, 6.45) is 8.55. The van der Waals surface area contributed by atoms with Crippen molar-refractivity contribution in [2.45, 2.75) is 10.8 Å². The Bertz CT molecular complexity index is 4140. The van der Waals surface area contributed by atoms with Gasteiger partial charge in [-0.15, -0.1) is 0 Å². The van der Waals surface area contributed by atoms with Crippen LogP contribution in [0, 0.1) is 10.8 Å². The monoisotopic (exact) mass is 968 g/mol. The Morgan fingerprint density at radius 3 is 1.21 bits per heavy atom. The number of nitrogens with one attached hydrogen (secondary N) is 2. The van der Waals surface area contributed by atoms with E-state index in [2.05, 4.69) is 262 Å². The lowest BCUT2D eigenvalue weighted by Crippen LogP contribution is -2.28. The summed E-state index contributed by atoms with van der Waals surface area (Å²) in [5.74, 6) is 0. The van der Waals surface area contributed by atoms with Gasteiger partial charge >= 0.3 is 0 Å². The molecule has 2 aliphatic carbocycles. The van der Waals surface area contributed by atoms with Gasteiger partial charge in [-0.25, -0.2) is 0 Å². The van der Waals surface area contributed by atoms with Crippen LogP contribution in [0.1, 0.15) is 50.1 Å². The van der Waals surface area contributed by atoms with E-state index < -0.39 is 10.8 Å². The summed E-state index contributed by atoms with van der Waals surface area (Å²) in [6.45, 7) is 7.90. The molecule has 2 heteroatoms. The summed E-state index contributed by atoms with van der Waals surface area (Å²) in [4.78, 5) is 0. The van der Waals surface area contributed by atoms with Crippen LogP contribution in [-0.2, 0) is 10.8 Å². The van der Waals surface area contributed by atoms with Crippen LogP contribution >= 0.6 is 0 Å². The first-order valence-electron chi connectivity index (χ1n) is 26.0. The van der Waals surface area contributed by atoms with E-state index in [-0.39, 0.29) is 5.71 Å². The van der Waals surface area contributed by atoms with E-state index in [0.29, 0.717) is 11.3 Å². The molecule has 2 N–H and O–H groups in total. The molecule has 0 amide bonds. The van der Waals surface area contributed by atoms with E-state index in [4.69, 9.17) is 5.41 Å². The third-order valence-corrected chi connectivity index (χ3v) is 16.0. The maximum atomic E-state index is 9.57. The van der Waals surface area contributed by atoms with Gasteiger partial charge in [0, 0.05) is 5.56 Å². The van der Waals surface area contributed by atoms with Gasteiger partial charge in [0.25, 0.3) is 0 Å². The van der Waals surface area contributed by atoms with E-state index >= 15 is 0 Å². The van der Waals surface area contributed by atoms with Crippen molar-refractivity contribution in [1.29, 1.82) is 10.8 Å². The molecule has 0 aliphatic heterocycles. The van der Waals surface area contributed by atoms with Crippen molar-refractivity contribution >= 4 is 33.0 Å². The summed E-state index contributed by atoms with van der Waals surface area (Å²) < 4.78 is 0. The predicted molar refractivity (Wildman–Crippen MR) is 319 cm³/mol. The minimum atomic E-state index is -0.586. The van der Waals surface area contributed by atoms with Gasteiger partial charge in [0.15, 0.2) is 0 Å². The first-order chi connectivity index (χ1) is 37.4. The topological polar surface area (TPSA) is 47.7 Å². The molecule has 76 heavy (non-hydrogen) atoms. The maximum absolute atomic E-state index is 9.57. The van der Waals surface area contributed by atoms with Crippen molar-refractivity contribution in [3.05, 3.63) is 348 Å². The van der Waals surface area contributed by atoms with Gasteiger partial charge in [-0.3, -0.25) is 0 Å². The predicted octanol–water partition coefficient (Wildman–Crippen LogP) is 18.3. The summed E-state index contributed by atoms with van der Waals surface area (Å²) in [5, 5.41) is 22.5. The molecule has 0 spiro atoms. The van der Waals surface area contributed by atoms with E-state index in [1.54, 1.807) is 30.4 Å². The van der Waals surface area contributed by atoms with Crippen molar-refractivity contribution in [3.8, 4) is 44.5 Å². The number of rotatable bonds is 12. The van der Waals surface area contributed by atoms with E-state index in [9.17, 15) is 5.41 Å². The molecular formula is C74H52N2. The number of allylic oxidation sites excluding steroid dienone is 6. The molecule has 0 fully saturated rings. The van der Waals surface area contributed by atoms with Crippen LogP contribution < -0.4 is 0 Å². The van der Waals surface area contributed by atoms with Crippen LogP contribution in [0.2, 0.25) is 0 Å². The van der Waals surface area contributed by atoms with Crippen molar-refractivity contribution in [2.75, 3.05) is 0 Å². The van der Waals surface area contributed by atoms with Gasteiger partial charge in [-0.05, 0) is 146 Å². The molecule has 0 atom stereocenters. The molecule has 0 aromatic heterocycles. The van der Waals surface area contributed by atoms with E-state index in [0.717, 1.165) is 49.4 Å². The third kappa shape index (κ3) is 7.02. The maximum Gasteiger partial charge on any atom is 0.0713 e. The zero-order valence-corrected chi connectivity index (χ0v) is 42.0. The highest BCUT2D eigenvalue weighted by Crippen LogP contribution is 2.59. The lowest BCUT2D eigenvalue weighted by molar-refractivity contribution is 0.769. The Hall–Kier alpha value is -9.76. The summed E-state index contributed by atoms with van der Waals surface area (Å²) in [5.41, 5.74) is 20.0. The molecule has 0 saturated carbocycles. The van der Waals surface area contributed by atoms with E-state index in [1.165, 1.54) is 66.8 Å². The van der Waals surface area contributed by atoms with Crippen molar-refractivity contribution in [2.24, 2.45) is 0 Å². The second-order valence-corrected chi connectivity index (χ2v) is 19.9. The van der Waals surface area contributed by atoms with Gasteiger partial charge in [0.05, 0.1) is 22.3 Å². The molecule has 0 saturated heterocycles. The van der Waals surface area contributed by atoms with Crippen molar-refractivity contribution < 1.29 is 0 Å². The Labute approximate surface area is 444 Å². The van der Waals surface area contributed by atoms with Crippen LogP contribution in [0.3, 0.4) is 0 Å². The molecule has 0 unspecified atom stereocenters. The van der Waals surface area contributed by atoms with Crippen LogP contribution in [0.4, 0.5) is 0 Å². The molecule has 11 aromatic rings. The molecule has 358 valence electrons. The average molecular weight is 969 g/mol. The van der Waals surface area contributed by atoms with Gasteiger partial charge in [0.1, 0.15) is 0 Å². The minimum Gasteiger partial charge on any atom is -0.300 e. The largest absolute Gasteiger partial charge is 0.300 e. The Morgan fingerprint density at radius 2 is 0.750 bits per heavy atom. The molecule has 0 radical (unpaired) electrons. The van der Waals surface area contributed by atoms with Crippen LogP contribution in [0.5, 0.6) is 0 Å². The highest BCUT2D eigenvalue weighted by molar-refractivity contribution is 6.23. The average Bonchev–Trinajstić information content (AvgIpc) is 4.10. The second kappa shape index (κ2) is 18.6. The van der Waals surface area contributed by atoms with Gasteiger partial charge in [-0.2, -0.15) is 0 Å². The molecule has 0 bridgehead atoms. The number of hydrogen-bond acceptors (Lipinski definition) is 2. The lowest BCUT2D eigenvalue weighted by atomic mass is 9.67. The molecule has 13 rings (SSSR count). The van der Waals surface area contributed by atoms with Crippen LogP contribution in [0.15, 0.2) is 298 Å². The molecule has 0 heterocycles. The van der Waals surface area contributed by atoms with E-state index in [1.807, 2.05) is 0 Å². The number of fused-ring (bicyclic) bond motifs is 8. The summed E-state index contributed by atoms with van der Waals surface area (Å²) >= 11 is 0. The fraction of sp³-hybridized carbons (Fsp3) is 0.0270. The van der Waals surface area contributed by atoms with Crippen LogP contribution in [-0.4, -0.2) is 11.4 Å². The highest BCUT2D eigenvalue weighted by Gasteiger charge is 2.47. The first-order valence-corrected chi connectivity index (χ1v) is 26.0. The minimum absolute atomic E-state index is 0.266. The standard InChI is InChI=1S/C74H52N2/c1-3-4-37-69(75)49(2)38-45-70(76)50-39-44-63-64(46-50)72(52-41-43-60-58-32-20-22-36-66(58)74(68(60)48-52,55-27-13-7-14-28-55)56-29-15-8-16-30-56)62-34-18-17-33-61(62)71(63)51-40-42-59-57-31-19-21-35-65(57)73(67(59)47-51,53-23-9-5-10-24-53)54-25-11-6-12-26-54/h3-48,75-76H,1-2H2/b37-4-,45-38-,75-69?,76-70?. The first kappa shape index (κ1) is 46.1. The number of hydrogen-bond donors (Lipinski definition) is 2. The lowest BCUT2D eigenvalue weighted by Gasteiger charge is -2.34. The zero-order valence-electron chi connectivity index (χ0n) is 42.0. The summed E-state index contributed by atoms with van der Waals surface area (Å²) in [6, 6.07) is 91.5.